The number of aryl methyl sites for hydroxylation is 2. The van der Waals surface area contributed by atoms with Crippen LogP contribution in [0.15, 0.2) is 55.0 Å². The van der Waals surface area contributed by atoms with Crippen molar-refractivity contribution in [3.05, 3.63) is 71.8 Å². The minimum Gasteiger partial charge on any atom is -0.338 e. The number of hydrogen-bond acceptors (Lipinski definition) is 3. The summed E-state index contributed by atoms with van der Waals surface area (Å²) in [5.41, 5.74) is 4.75. The summed E-state index contributed by atoms with van der Waals surface area (Å²) >= 11 is 0. The lowest BCUT2D eigenvalue weighted by Gasteiger charge is -2.12. The molecule has 0 saturated heterocycles. The number of anilines is 1. The molecule has 128 valence electrons. The molecule has 0 radical (unpaired) electrons. The van der Waals surface area contributed by atoms with Crippen LogP contribution in [-0.2, 0) is 6.42 Å². The molecule has 2 N–H and O–H groups in total. The first-order valence-corrected chi connectivity index (χ1v) is 8.19. The second-order valence-electron chi connectivity index (χ2n) is 5.89. The Morgan fingerprint density at radius 3 is 2.80 bits per heavy atom. The van der Waals surface area contributed by atoms with E-state index in [2.05, 4.69) is 20.7 Å². The van der Waals surface area contributed by atoms with Gasteiger partial charge in [0.25, 0.3) is 0 Å². The Morgan fingerprint density at radius 1 is 1.20 bits per heavy atom. The molecule has 2 aromatic heterocycles. The molecule has 2 heterocycles. The van der Waals surface area contributed by atoms with Crippen LogP contribution in [0.1, 0.15) is 16.8 Å². The lowest BCUT2D eigenvalue weighted by atomic mass is 10.2. The topological polar surface area (TPSA) is 71.8 Å². The Hall–Kier alpha value is -3.15. The van der Waals surface area contributed by atoms with Gasteiger partial charge in [-0.3, -0.25) is 4.98 Å². The highest BCUT2D eigenvalue weighted by molar-refractivity contribution is 5.90. The Labute approximate surface area is 146 Å². The molecule has 0 spiro atoms. The van der Waals surface area contributed by atoms with Crippen LogP contribution in [0.25, 0.3) is 5.69 Å². The lowest BCUT2D eigenvalue weighted by Crippen LogP contribution is -2.30. The fourth-order valence-corrected chi connectivity index (χ4v) is 2.44. The molecule has 3 rings (SSSR count). The van der Waals surface area contributed by atoms with Crippen molar-refractivity contribution in [1.82, 2.24) is 20.1 Å². The van der Waals surface area contributed by atoms with E-state index in [1.54, 1.807) is 10.9 Å². The van der Waals surface area contributed by atoms with Crippen LogP contribution in [0.3, 0.4) is 0 Å². The van der Waals surface area contributed by atoms with Crippen LogP contribution in [-0.4, -0.2) is 27.3 Å². The third-order valence-electron chi connectivity index (χ3n) is 3.91. The zero-order valence-electron chi connectivity index (χ0n) is 14.4. The van der Waals surface area contributed by atoms with E-state index in [1.807, 2.05) is 62.6 Å². The molecule has 2 amide bonds. The summed E-state index contributed by atoms with van der Waals surface area (Å²) in [6, 6.07) is 11.5. The minimum atomic E-state index is -0.221. The highest BCUT2D eigenvalue weighted by Crippen LogP contribution is 2.19. The number of benzene rings is 1. The van der Waals surface area contributed by atoms with Gasteiger partial charge in [0.1, 0.15) is 0 Å². The second kappa shape index (κ2) is 7.61. The van der Waals surface area contributed by atoms with Crippen molar-refractivity contribution >= 4 is 11.7 Å². The van der Waals surface area contributed by atoms with Gasteiger partial charge in [0, 0.05) is 36.5 Å². The fraction of sp³-hybridized carbons (Fsp3) is 0.211. The minimum absolute atomic E-state index is 0.221. The van der Waals surface area contributed by atoms with Gasteiger partial charge in [-0.15, -0.1) is 0 Å². The predicted molar refractivity (Wildman–Crippen MR) is 98.0 cm³/mol. The third kappa shape index (κ3) is 4.44. The number of aromatic nitrogens is 3. The number of hydrogen-bond donors (Lipinski definition) is 2. The number of amides is 2. The molecule has 0 aliphatic carbocycles. The van der Waals surface area contributed by atoms with Gasteiger partial charge in [0.15, 0.2) is 0 Å². The van der Waals surface area contributed by atoms with Crippen molar-refractivity contribution < 1.29 is 4.79 Å². The number of nitrogens with zero attached hydrogens (tertiary/aromatic N) is 3. The molecule has 0 aliphatic heterocycles. The van der Waals surface area contributed by atoms with Crippen LogP contribution in [0.4, 0.5) is 10.5 Å². The Bertz CT molecular complexity index is 841. The summed E-state index contributed by atoms with van der Waals surface area (Å²) in [6.07, 6.45) is 6.17. The zero-order chi connectivity index (χ0) is 17.6. The Balaban J connectivity index is 1.57. The molecule has 1 aromatic carbocycles. The average molecular weight is 335 g/mol. The predicted octanol–water partition coefficient (Wildman–Crippen LogP) is 3.25. The monoisotopic (exact) mass is 335 g/mol. The molecule has 6 nitrogen and oxygen atoms in total. The van der Waals surface area contributed by atoms with Crippen LogP contribution in [0.2, 0.25) is 0 Å². The molecule has 0 fully saturated rings. The van der Waals surface area contributed by atoms with E-state index in [1.165, 1.54) is 0 Å². The number of urea groups is 1. The van der Waals surface area contributed by atoms with Crippen molar-refractivity contribution in [2.75, 3.05) is 11.9 Å². The summed E-state index contributed by atoms with van der Waals surface area (Å²) in [4.78, 5) is 16.4. The lowest BCUT2D eigenvalue weighted by molar-refractivity contribution is 0.252. The summed E-state index contributed by atoms with van der Waals surface area (Å²) in [7, 11) is 0. The third-order valence-corrected chi connectivity index (χ3v) is 3.91. The molecule has 6 heteroatoms. The summed E-state index contributed by atoms with van der Waals surface area (Å²) in [5.74, 6) is 0. The van der Waals surface area contributed by atoms with Gasteiger partial charge in [-0.25, -0.2) is 9.48 Å². The van der Waals surface area contributed by atoms with Crippen molar-refractivity contribution in [2.45, 2.75) is 20.3 Å². The molecular weight excluding hydrogens is 314 g/mol. The van der Waals surface area contributed by atoms with Gasteiger partial charge in [-0.1, -0.05) is 12.1 Å². The van der Waals surface area contributed by atoms with Crippen molar-refractivity contribution in [1.29, 1.82) is 0 Å². The van der Waals surface area contributed by atoms with Gasteiger partial charge in [0.2, 0.25) is 0 Å². The molecule has 0 bridgehead atoms. The first-order chi connectivity index (χ1) is 12.1. The van der Waals surface area contributed by atoms with E-state index in [9.17, 15) is 4.79 Å². The second-order valence-corrected chi connectivity index (χ2v) is 5.89. The summed E-state index contributed by atoms with van der Waals surface area (Å²) < 4.78 is 1.76. The van der Waals surface area contributed by atoms with E-state index < -0.39 is 0 Å². The number of rotatable bonds is 5. The fourth-order valence-electron chi connectivity index (χ4n) is 2.44. The maximum Gasteiger partial charge on any atom is 0.319 e. The number of pyridine rings is 1. The van der Waals surface area contributed by atoms with Crippen LogP contribution < -0.4 is 10.6 Å². The zero-order valence-corrected chi connectivity index (χ0v) is 14.4. The summed E-state index contributed by atoms with van der Waals surface area (Å²) in [5, 5.41) is 9.98. The van der Waals surface area contributed by atoms with E-state index in [4.69, 9.17) is 0 Å². The number of carbonyl (C=O) groups excluding carboxylic acids is 1. The van der Waals surface area contributed by atoms with Gasteiger partial charge in [0.05, 0.1) is 5.69 Å². The highest BCUT2D eigenvalue weighted by atomic mass is 16.2. The van der Waals surface area contributed by atoms with Crippen molar-refractivity contribution in [3.8, 4) is 5.69 Å². The quantitative estimate of drug-likeness (QED) is 0.752. The number of carbonyl (C=O) groups is 1. The molecule has 0 atom stereocenters. The van der Waals surface area contributed by atoms with Crippen LogP contribution >= 0.6 is 0 Å². The standard InChI is InChI=1S/C19H21N5O/c1-14-4-7-17(24-11-3-9-22-24)12-18(14)23-19(25)20-10-8-16-6-5-15(2)21-13-16/h3-7,9,11-13H,8,10H2,1-2H3,(H2,20,23,25). The highest BCUT2D eigenvalue weighted by Gasteiger charge is 2.06. The Morgan fingerprint density at radius 2 is 2.08 bits per heavy atom. The number of nitrogens with one attached hydrogen (secondary N) is 2. The largest absolute Gasteiger partial charge is 0.338 e. The molecule has 0 unspecified atom stereocenters. The van der Waals surface area contributed by atoms with Crippen LogP contribution in [0, 0.1) is 13.8 Å². The van der Waals surface area contributed by atoms with Crippen molar-refractivity contribution in [2.24, 2.45) is 0 Å². The van der Waals surface area contributed by atoms with Gasteiger partial charge >= 0.3 is 6.03 Å². The SMILES string of the molecule is Cc1ccc(CCNC(=O)Nc2cc(-n3cccn3)ccc2C)cn1. The van der Waals surface area contributed by atoms with E-state index in [-0.39, 0.29) is 6.03 Å². The van der Waals surface area contributed by atoms with Gasteiger partial charge in [-0.2, -0.15) is 5.10 Å². The molecule has 3 aromatic rings. The van der Waals surface area contributed by atoms with E-state index >= 15 is 0 Å². The van der Waals surface area contributed by atoms with Gasteiger partial charge in [-0.05, 0) is 55.7 Å². The van der Waals surface area contributed by atoms with E-state index in [0.29, 0.717) is 6.54 Å². The maximum atomic E-state index is 12.1. The van der Waals surface area contributed by atoms with E-state index in [0.717, 1.165) is 34.6 Å². The molecular formula is C19H21N5O. The molecule has 0 saturated carbocycles. The summed E-state index contributed by atoms with van der Waals surface area (Å²) in [6.45, 7) is 4.46. The van der Waals surface area contributed by atoms with Crippen LogP contribution in [0.5, 0.6) is 0 Å². The maximum absolute atomic E-state index is 12.1. The first kappa shape index (κ1) is 16.7. The Kier molecular flexibility index (Phi) is 5.09. The smallest absolute Gasteiger partial charge is 0.319 e. The first-order valence-electron chi connectivity index (χ1n) is 8.19. The average Bonchev–Trinajstić information content (AvgIpc) is 3.13. The van der Waals surface area contributed by atoms with Gasteiger partial charge < -0.3 is 10.6 Å². The van der Waals surface area contributed by atoms with Crippen molar-refractivity contribution in [3.63, 3.8) is 0 Å². The molecule has 25 heavy (non-hydrogen) atoms. The molecule has 0 aliphatic rings. The normalized spacial score (nSPS) is 10.5.